The van der Waals surface area contributed by atoms with Gasteiger partial charge in [-0.1, -0.05) is 12.1 Å². The van der Waals surface area contributed by atoms with Gasteiger partial charge in [0.2, 0.25) is 5.91 Å². The van der Waals surface area contributed by atoms with Crippen molar-refractivity contribution in [2.45, 2.75) is 44.8 Å². The number of halogens is 3. The zero-order valence-electron chi connectivity index (χ0n) is 18.1. The number of hydrogen-bond donors (Lipinski definition) is 1. The average molecular weight is 448 g/mol. The van der Waals surface area contributed by atoms with Crippen molar-refractivity contribution in [3.05, 3.63) is 53.8 Å². The van der Waals surface area contributed by atoms with Crippen LogP contribution in [0.4, 0.5) is 18.9 Å². The summed E-state index contributed by atoms with van der Waals surface area (Å²) in [5, 5.41) is 2.84. The topological polar surface area (TPSA) is 50.8 Å². The number of amides is 1. The van der Waals surface area contributed by atoms with Crippen LogP contribution in [-0.2, 0) is 4.79 Å². The van der Waals surface area contributed by atoms with E-state index in [-0.39, 0.29) is 36.8 Å². The van der Waals surface area contributed by atoms with Crippen molar-refractivity contribution in [3.8, 4) is 11.5 Å². The number of ether oxygens (including phenoxy) is 2. The average Bonchev–Trinajstić information content (AvgIpc) is 3.11. The van der Waals surface area contributed by atoms with E-state index in [1.807, 2.05) is 36.1 Å². The van der Waals surface area contributed by atoms with Gasteiger partial charge >= 0.3 is 0 Å². The highest BCUT2D eigenvalue weighted by Crippen LogP contribution is 2.48. The zero-order chi connectivity index (χ0) is 22.9. The molecule has 1 heterocycles. The Kier molecular flexibility index (Phi) is 6.22. The van der Waals surface area contributed by atoms with Gasteiger partial charge in [-0.05, 0) is 36.8 Å². The molecule has 2 fully saturated rings. The highest BCUT2D eigenvalue weighted by atomic mass is 19.3. The Morgan fingerprint density at radius 3 is 2.59 bits per heavy atom. The van der Waals surface area contributed by atoms with Gasteiger partial charge in [-0.2, -0.15) is 0 Å². The Balaban J connectivity index is 1.29. The standard InChI is InChI=1S/C24H27F3N2O3/c1-15(28-16(2)30)17-3-6-20(7-4-17)32-21-9-10-29(13-21)19-5-8-23(22(25)11-19)31-14-18-12-24(18,26)27/h3-8,11,15,18,21H,9-10,12-14H2,1-2H3,(H,28,30). The van der Waals surface area contributed by atoms with Crippen LogP contribution in [0.25, 0.3) is 0 Å². The Bertz CT molecular complexity index is 967. The molecule has 4 rings (SSSR count). The molecular weight excluding hydrogens is 421 g/mol. The second-order valence-electron chi connectivity index (χ2n) is 8.55. The van der Waals surface area contributed by atoms with Gasteiger partial charge < -0.3 is 19.7 Å². The predicted octanol–water partition coefficient (Wildman–Crippen LogP) is 4.71. The molecule has 172 valence electrons. The summed E-state index contributed by atoms with van der Waals surface area (Å²) < 4.78 is 51.6. The smallest absolute Gasteiger partial charge is 0.255 e. The number of anilines is 1. The Morgan fingerprint density at radius 2 is 1.97 bits per heavy atom. The number of carbonyl (C=O) groups excluding carboxylic acids is 1. The van der Waals surface area contributed by atoms with Crippen LogP contribution in [0.15, 0.2) is 42.5 Å². The molecule has 5 nitrogen and oxygen atoms in total. The summed E-state index contributed by atoms with van der Waals surface area (Å²) in [6.07, 6.45) is 0.560. The first-order valence-corrected chi connectivity index (χ1v) is 10.8. The number of carbonyl (C=O) groups is 1. The van der Waals surface area contributed by atoms with E-state index in [1.54, 1.807) is 6.07 Å². The number of rotatable bonds is 8. The third kappa shape index (κ3) is 5.29. The molecular formula is C24H27F3N2O3. The largest absolute Gasteiger partial charge is 0.490 e. The highest BCUT2D eigenvalue weighted by molar-refractivity contribution is 5.73. The van der Waals surface area contributed by atoms with Crippen molar-refractivity contribution >= 4 is 11.6 Å². The zero-order valence-corrected chi connectivity index (χ0v) is 18.1. The van der Waals surface area contributed by atoms with Crippen LogP contribution in [-0.4, -0.2) is 37.6 Å². The molecule has 3 atom stereocenters. The van der Waals surface area contributed by atoms with Gasteiger partial charge in [-0.15, -0.1) is 0 Å². The Labute approximate surface area is 185 Å². The molecule has 1 aliphatic heterocycles. The second kappa shape index (κ2) is 8.92. The Morgan fingerprint density at radius 1 is 1.25 bits per heavy atom. The fourth-order valence-electron chi connectivity index (χ4n) is 3.92. The minimum atomic E-state index is -2.68. The summed E-state index contributed by atoms with van der Waals surface area (Å²) in [6, 6.07) is 12.1. The normalized spacial score (nSPS) is 22.3. The van der Waals surface area contributed by atoms with Crippen molar-refractivity contribution in [3.63, 3.8) is 0 Å². The summed E-state index contributed by atoms with van der Waals surface area (Å²) in [4.78, 5) is 13.2. The number of benzene rings is 2. The number of hydrogen-bond acceptors (Lipinski definition) is 4. The van der Waals surface area contributed by atoms with Crippen LogP contribution < -0.4 is 19.7 Å². The predicted molar refractivity (Wildman–Crippen MR) is 115 cm³/mol. The van der Waals surface area contributed by atoms with Gasteiger partial charge in [0.05, 0.1) is 25.1 Å². The second-order valence-corrected chi connectivity index (χ2v) is 8.55. The molecule has 2 aliphatic rings. The van der Waals surface area contributed by atoms with Crippen LogP contribution in [0.5, 0.6) is 11.5 Å². The fourth-order valence-corrected chi connectivity index (χ4v) is 3.92. The third-order valence-corrected chi connectivity index (χ3v) is 5.92. The van der Waals surface area contributed by atoms with Crippen LogP contribution in [0.2, 0.25) is 0 Å². The Hall–Kier alpha value is -2.90. The molecule has 1 saturated heterocycles. The van der Waals surface area contributed by atoms with E-state index >= 15 is 0 Å². The van der Waals surface area contributed by atoms with Gasteiger partial charge in [-0.25, -0.2) is 13.2 Å². The van der Waals surface area contributed by atoms with Crippen molar-refractivity contribution in [2.24, 2.45) is 5.92 Å². The monoisotopic (exact) mass is 448 g/mol. The van der Waals surface area contributed by atoms with Gasteiger partial charge in [-0.3, -0.25) is 4.79 Å². The van der Waals surface area contributed by atoms with E-state index < -0.39 is 17.7 Å². The van der Waals surface area contributed by atoms with Crippen LogP contribution in [0.3, 0.4) is 0 Å². The highest BCUT2D eigenvalue weighted by Gasteiger charge is 2.57. The number of alkyl halides is 2. The van der Waals surface area contributed by atoms with Gasteiger partial charge in [0, 0.05) is 38.1 Å². The van der Waals surface area contributed by atoms with E-state index in [2.05, 4.69) is 5.32 Å². The molecule has 3 unspecified atom stereocenters. The maximum atomic E-state index is 14.4. The number of nitrogens with zero attached hydrogens (tertiary/aromatic N) is 1. The molecule has 0 spiro atoms. The molecule has 1 amide bonds. The molecule has 0 radical (unpaired) electrons. The van der Waals surface area contributed by atoms with Crippen molar-refractivity contribution in [2.75, 3.05) is 24.6 Å². The first-order valence-electron chi connectivity index (χ1n) is 10.8. The minimum Gasteiger partial charge on any atom is -0.490 e. The quantitative estimate of drug-likeness (QED) is 0.635. The van der Waals surface area contributed by atoms with Gasteiger partial charge in [0.1, 0.15) is 11.9 Å². The van der Waals surface area contributed by atoms with Gasteiger partial charge in [0.25, 0.3) is 5.92 Å². The molecule has 8 heteroatoms. The lowest BCUT2D eigenvalue weighted by molar-refractivity contribution is -0.119. The lowest BCUT2D eigenvalue weighted by atomic mass is 10.1. The minimum absolute atomic E-state index is 0.00275. The van der Waals surface area contributed by atoms with E-state index in [4.69, 9.17) is 9.47 Å². The first kappa shape index (κ1) is 22.3. The molecule has 0 bridgehead atoms. The molecule has 1 saturated carbocycles. The van der Waals surface area contributed by atoms with E-state index in [1.165, 1.54) is 19.1 Å². The molecule has 1 aliphatic carbocycles. The molecule has 32 heavy (non-hydrogen) atoms. The van der Waals surface area contributed by atoms with E-state index in [0.717, 1.165) is 24.3 Å². The van der Waals surface area contributed by atoms with Crippen molar-refractivity contribution in [1.29, 1.82) is 0 Å². The van der Waals surface area contributed by atoms with E-state index in [0.29, 0.717) is 12.2 Å². The maximum absolute atomic E-state index is 14.4. The summed E-state index contributed by atoms with van der Waals surface area (Å²) in [5.41, 5.74) is 1.70. The maximum Gasteiger partial charge on any atom is 0.255 e. The van der Waals surface area contributed by atoms with Crippen molar-refractivity contribution in [1.82, 2.24) is 5.32 Å². The summed E-state index contributed by atoms with van der Waals surface area (Å²) in [5.74, 6) is -3.39. The molecule has 0 aromatic heterocycles. The molecule has 1 N–H and O–H groups in total. The van der Waals surface area contributed by atoms with Crippen LogP contribution in [0, 0.1) is 11.7 Å². The molecule has 2 aromatic rings. The SMILES string of the molecule is CC(=O)NC(C)c1ccc(OC2CCN(c3ccc(OCC4CC4(F)F)c(F)c3)C2)cc1. The first-order chi connectivity index (χ1) is 15.2. The third-order valence-electron chi connectivity index (χ3n) is 5.92. The summed E-state index contributed by atoms with van der Waals surface area (Å²) in [6.45, 7) is 4.56. The van der Waals surface area contributed by atoms with E-state index in [9.17, 15) is 18.0 Å². The lowest BCUT2D eigenvalue weighted by Crippen LogP contribution is -2.25. The van der Waals surface area contributed by atoms with Crippen molar-refractivity contribution < 1.29 is 27.4 Å². The van der Waals surface area contributed by atoms with Crippen LogP contribution >= 0.6 is 0 Å². The fraction of sp³-hybridized carbons (Fsp3) is 0.458. The summed E-state index contributed by atoms with van der Waals surface area (Å²) in [7, 11) is 0. The van der Waals surface area contributed by atoms with Gasteiger partial charge in [0.15, 0.2) is 11.6 Å². The van der Waals surface area contributed by atoms with Crippen LogP contribution in [0.1, 0.15) is 38.3 Å². The lowest BCUT2D eigenvalue weighted by Gasteiger charge is -2.20. The summed E-state index contributed by atoms with van der Waals surface area (Å²) >= 11 is 0. The number of nitrogens with one attached hydrogen (secondary N) is 1. The molecule has 2 aromatic carbocycles.